The maximum absolute atomic E-state index is 10.7. The van der Waals surface area contributed by atoms with Crippen LogP contribution in [0, 0.1) is 6.92 Å². The maximum atomic E-state index is 10.7. The SMILES string of the molecule is COc1cc2nnc(-c3cc(C)on3)n2nc1OCc1ccc(C=O)cn1. The monoisotopic (exact) mass is 366 g/mol. The molecule has 10 heteroatoms. The first-order chi connectivity index (χ1) is 13.2. The molecule has 0 bridgehead atoms. The lowest BCUT2D eigenvalue weighted by Crippen LogP contribution is -2.05. The van der Waals surface area contributed by atoms with Crippen LogP contribution in [0.25, 0.3) is 17.2 Å². The number of methoxy groups -OCH3 is 1. The predicted octanol–water partition coefficient (Wildman–Crippen LogP) is 1.88. The van der Waals surface area contributed by atoms with Crippen LogP contribution in [0.1, 0.15) is 21.8 Å². The molecule has 0 aliphatic rings. The highest BCUT2D eigenvalue weighted by Crippen LogP contribution is 2.28. The van der Waals surface area contributed by atoms with Gasteiger partial charge in [0.2, 0.25) is 5.82 Å². The molecule has 136 valence electrons. The van der Waals surface area contributed by atoms with Crippen LogP contribution in [0.3, 0.4) is 0 Å². The summed E-state index contributed by atoms with van der Waals surface area (Å²) in [7, 11) is 1.51. The van der Waals surface area contributed by atoms with Crippen LogP contribution in [0.5, 0.6) is 11.6 Å². The molecule has 0 atom stereocenters. The van der Waals surface area contributed by atoms with Crippen molar-refractivity contribution in [2.24, 2.45) is 0 Å². The zero-order chi connectivity index (χ0) is 18.8. The standard InChI is InChI=1S/C17H14N6O4/c1-10-5-13(22-27-10)16-20-19-15-6-14(25-2)17(21-23(15)16)26-9-12-4-3-11(8-24)7-18-12/h3-8H,9H2,1-2H3. The van der Waals surface area contributed by atoms with Gasteiger partial charge in [0.15, 0.2) is 23.4 Å². The van der Waals surface area contributed by atoms with Crippen LogP contribution >= 0.6 is 0 Å². The molecule has 0 spiro atoms. The first-order valence-corrected chi connectivity index (χ1v) is 7.95. The Kier molecular flexibility index (Phi) is 4.21. The van der Waals surface area contributed by atoms with Gasteiger partial charge >= 0.3 is 0 Å². The molecule has 0 N–H and O–H groups in total. The number of ether oxygens (including phenoxy) is 2. The van der Waals surface area contributed by atoms with Gasteiger partial charge in [-0.25, -0.2) is 0 Å². The second-order valence-corrected chi connectivity index (χ2v) is 5.62. The first kappa shape index (κ1) is 16.6. The molecule has 0 aromatic carbocycles. The number of nitrogens with zero attached hydrogens (tertiary/aromatic N) is 6. The molecule has 4 rings (SSSR count). The lowest BCUT2D eigenvalue weighted by molar-refractivity contribution is 0.112. The van der Waals surface area contributed by atoms with Crippen molar-refractivity contribution in [2.75, 3.05) is 7.11 Å². The number of carbonyl (C=O) groups is 1. The molecule has 4 aromatic heterocycles. The molecule has 0 fully saturated rings. The molecule has 4 heterocycles. The van der Waals surface area contributed by atoms with Gasteiger partial charge in [-0.15, -0.1) is 15.3 Å². The van der Waals surface area contributed by atoms with Crippen LogP contribution < -0.4 is 9.47 Å². The van der Waals surface area contributed by atoms with Gasteiger partial charge in [-0.05, 0) is 19.1 Å². The Bertz CT molecular complexity index is 1100. The second kappa shape index (κ2) is 6.83. The number of carbonyl (C=O) groups excluding carboxylic acids is 1. The smallest absolute Gasteiger partial charge is 0.275 e. The molecule has 0 unspecified atom stereocenters. The Balaban J connectivity index is 1.66. The molecular formula is C17H14N6O4. The normalized spacial score (nSPS) is 10.9. The van der Waals surface area contributed by atoms with Crippen molar-refractivity contribution in [2.45, 2.75) is 13.5 Å². The number of hydrogen-bond donors (Lipinski definition) is 0. The highest BCUT2D eigenvalue weighted by Gasteiger charge is 2.17. The maximum Gasteiger partial charge on any atom is 0.275 e. The van der Waals surface area contributed by atoms with E-state index in [2.05, 4.69) is 25.4 Å². The zero-order valence-corrected chi connectivity index (χ0v) is 14.5. The van der Waals surface area contributed by atoms with Crippen LogP contribution in [0.2, 0.25) is 0 Å². The van der Waals surface area contributed by atoms with Gasteiger partial charge in [-0.1, -0.05) is 5.16 Å². The minimum absolute atomic E-state index is 0.147. The molecular weight excluding hydrogens is 352 g/mol. The van der Waals surface area contributed by atoms with Gasteiger partial charge < -0.3 is 14.0 Å². The van der Waals surface area contributed by atoms with E-state index in [-0.39, 0.29) is 12.5 Å². The van der Waals surface area contributed by atoms with E-state index in [0.29, 0.717) is 39.9 Å². The number of aldehydes is 1. The average Bonchev–Trinajstić information content (AvgIpc) is 3.31. The number of aromatic nitrogens is 6. The van der Waals surface area contributed by atoms with Crippen molar-refractivity contribution in [3.8, 4) is 23.1 Å². The second-order valence-electron chi connectivity index (χ2n) is 5.62. The van der Waals surface area contributed by atoms with E-state index in [0.717, 1.165) is 6.29 Å². The minimum Gasteiger partial charge on any atom is -0.491 e. The number of pyridine rings is 1. The topological polar surface area (TPSA) is 118 Å². The van der Waals surface area contributed by atoms with Gasteiger partial charge in [0.25, 0.3) is 5.88 Å². The average molecular weight is 366 g/mol. The summed E-state index contributed by atoms with van der Waals surface area (Å²) in [5.41, 5.74) is 2.12. The quantitative estimate of drug-likeness (QED) is 0.471. The van der Waals surface area contributed by atoms with E-state index in [1.165, 1.54) is 17.8 Å². The van der Waals surface area contributed by atoms with Crippen LogP contribution in [-0.4, -0.2) is 43.3 Å². The summed E-state index contributed by atoms with van der Waals surface area (Å²) in [4.78, 5) is 14.9. The molecule has 0 amide bonds. The van der Waals surface area contributed by atoms with E-state index in [4.69, 9.17) is 14.0 Å². The van der Waals surface area contributed by atoms with E-state index in [1.54, 1.807) is 31.2 Å². The van der Waals surface area contributed by atoms with Crippen molar-refractivity contribution >= 4 is 11.9 Å². The zero-order valence-electron chi connectivity index (χ0n) is 14.5. The molecule has 10 nitrogen and oxygen atoms in total. The third-order valence-corrected chi connectivity index (χ3v) is 3.74. The minimum atomic E-state index is 0.147. The Morgan fingerprint density at radius 1 is 1.26 bits per heavy atom. The Labute approximate surface area is 152 Å². The number of aryl methyl sites for hydroxylation is 1. The van der Waals surface area contributed by atoms with Crippen LogP contribution in [0.4, 0.5) is 0 Å². The molecule has 27 heavy (non-hydrogen) atoms. The van der Waals surface area contributed by atoms with Crippen molar-refractivity contribution in [1.82, 2.24) is 30.0 Å². The van der Waals surface area contributed by atoms with Crippen molar-refractivity contribution in [3.05, 3.63) is 47.5 Å². The lowest BCUT2D eigenvalue weighted by atomic mass is 10.3. The summed E-state index contributed by atoms with van der Waals surface area (Å²) in [5, 5.41) is 16.5. The van der Waals surface area contributed by atoms with Gasteiger partial charge in [-0.2, -0.15) is 4.52 Å². The van der Waals surface area contributed by atoms with E-state index in [1.807, 2.05) is 0 Å². The fourth-order valence-electron chi connectivity index (χ4n) is 2.41. The van der Waals surface area contributed by atoms with Crippen LogP contribution in [-0.2, 0) is 6.61 Å². The summed E-state index contributed by atoms with van der Waals surface area (Å²) < 4.78 is 17.7. The van der Waals surface area contributed by atoms with E-state index >= 15 is 0 Å². The third-order valence-electron chi connectivity index (χ3n) is 3.74. The van der Waals surface area contributed by atoms with E-state index in [9.17, 15) is 4.79 Å². The fourth-order valence-corrected chi connectivity index (χ4v) is 2.41. The van der Waals surface area contributed by atoms with Crippen molar-refractivity contribution in [3.63, 3.8) is 0 Å². The molecule has 4 aromatic rings. The Hall–Kier alpha value is -3.82. The molecule has 0 aliphatic carbocycles. The molecule has 0 aliphatic heterocycles. The van der Waals surface area contributed by atoms with Crippen molar-refractivity contribution in [1.29, 1.82) is 0 Å². The molecule has 0 saturated carbocycles. The first-order valence-electron chi connectivity index (χ1n) is 7.95. The van der Waals surface area contributed by atoms with Gasteiger partial charge in [0.05, 0.1) is 12.8 Å². The highest BCUT2D eigenvalue weighted by atomic mass is 16.5. The number of hydrogen-bond acceptors (Lipinski definition) is 9. The fraction of sp³-hybridized carbons (Fsp3) is 0.176. The summed E-state index contributed by atoms with van der Waals surface area (Å²) in [6.07, 6.45) is 2.21. The van der Waals surface area contributed by atoms with Crippen LogP contribution in [0.15, 0.2) is 35.0 Å². The van der Waals surface area contributed by atoms with E-state index < -0.39 is 0 Å². The Morgan fingerprint density at radius 3 is 2.81 bits per heavy atom. The summed E-state index contributed by atoms with van der Waals surface area (Å²) in [5.74, 6) is 1.72. The number of rotatable bonds is 6. The van der Waals surface area contributed by atoms with Gasteiger partial charge in [-0.3, -0.25) is 9.78 Å². The largest absolute Gasteiger partial charge is 0.491 e. The summed E-state index contributed by atoms with van der Waals surface area (Å²) >= 11 is 0. The summed E-state index contributed by atoms with van der Waals surface area (Å²) in [6.45, 7) is 1.93. The Morgan fingerprint density at radius 2 is 2.15 bits per heavy atom. The predicted molar refractivity (Wildman–Crippen MR) is 91.5 cm³/mol. The lowest BCUT2D eigenvalue weighted by Gasteiger charge is -2.09. The number of fused-ring (bicyclic) bond motifs is 1. The van der Waals surface area contributed by atoms with Gasteiger partial charge in [0, 0.05) is 23.9 Å². The summed E-state index contributed by atoms with van der Waals surface area (Å²) in [6, 6.07) is 6.77. The molecule has 0 radical (unpaired) electrons. The van der Waals surface area contributed by atoms with Crippen molar-refractivity contribution < 1.29 is 18.8 Å². The third kappa shape index (κ3) is 3.19. The molecule has 0 saturated heterocycles. The van der Waals surface area contributed by atoms with Gasteiger partial charge in [0.1, 0.15) is 12.4 Å². The highest BCUT2D eigenvalue weighted by molar-refractivity contribution is 5.73.